The van der Waals surface area contributed by atoms with E-state index in [9.17, 15) is 4.79 Å². The average molecular weight is 228 g/mol. The van der Waals surface area contributed by atoms with E-state index in [-0.39, 0.29) is 11.0 Å². The van der Waals surface area contributed by atoms with Gasteiger partial charge >= 0.3 is 6.16 Å². The van der Waals surface area contributed by atoms with E-state index in [4.69, 9.17) is 9.94 Å². The molecule has 0 spiro atoms. The van der Waals surface area contributed by atoms with Crippen molar-refractivity contribution in [3.8, 4) is 0 Å². The lowest BCUT2D eigenvalue weighted by Crippen LogP contribution is -2.65. The van der Waals surface area contributed by atoms with Gasteiger partial charge < -0.3 is 15.3 Å². The smallest absolute Gasteiger partial charge is 0.448 e. The first-order chi connectivity index (χ1) is 7.32. The first-order valence-electron chi connectivity index (χ1n) is 5.76. The SMILES string of the molecule is CC(C)(C)C12CCC(CN(OC(=O)O)C1)N2. The fourth-order valence-electron chi connectivity index (χ4n) is 2.84. The first-order valence-corrected chi connectivity index (χ1v) is 5.76. The summed E-state index contributed by atoms with van der Waals surface area (Å²) in [5, 5.41) is 13.9. The second-order valence-corrected chi connectivity index (χ2v) is 5.89. The van der Waals surface area contributed by atoms with Crippen LogP contribution < -0.4 is 5.32 Å². The molecule has 2 heterocycles. The summed E-state index contributed by atoms with van der Waals surface area (Å²) in [6, 6.07) is 0.354. The second kappa shape index (κ2) is 3.60. The molecule has 0 radical (unpaired) electrons. The zero-order valence-corrected chi connectivity index (χ0v) is 10.1. The van der Waals surface area contributed by atoms with Crippen molar-refractivity contribution in [2.75, 3.05) is 13.1 Å². The molecule has 2 saturated heterocycles. The van der Waals surface area contributed by atoms with Gasteiger partial charge in [-0.05, 0) is 18.3 Å². The zero-order chi connectivity index (χ0) is 12.0. The third-order valence-electron chi connectivity index (χ3n) is 3.91. The van der Waals surface area contributed by atoms with Crippen molar-refractivity contribution in [1.29, 1.82) is 0 Å². The zero-order valence-electron chi connectivity index (χ0n) is 10.1. The molecule has 2 N–H and O–H groups in total. The van der Waals surface area contributed by atoms with Crippen molar-refractivity contribution in [2.24, 2.45) is 5.41 Å². The third kappa shape index (κ3) is 1.89. The number of carboxylic acid groups (broad SMARTS) is 1. The largest absolute Gasteiger partial charge is 0.525 e. The molecule has 0 amide bonds. The number of hydrogen-bond donors (Lipinski definition) is 2. The average Bonchev–Trinajstić information content (AvgIpc) is 2.41. The first kappa shape index (κ1) is 11.7. The van der Waals surface area contributed by atoms with E-state index in [1.807, 2.05) is 0 Å². The summed E-state index contributed by atoms with van der Waals surface area (Å²) < 4.78 is 0. The lowest BCUT2D eigenvalue weighted by Gasteiger charge is -2.47. The summed E-state index contributed by atoms with van der Waals surface area (Å²) >= 11 is 0. The van der Waals surface area contributed by atoms with Crippen LogP contribution >= 0.6 is 0 Å². The molecule has 0 aromatic heterocycles. The molecule has 92 valence electrons. The molecule has 2 aliphatic heterocycles. The van der Waals surface area contributed by atoms with Gasteiger partial charge in [0, 0.05) is 11.6 Å². The van der Waals surface area contributed by atoms with E-state index < -0.39 is 6.16 Å². The molecular formula is C11H20N2O3. The molecule has 0 aliphatic carbocycles. The Balaban J connectivity index is 2.13. The van der Waals surface area contributed by atoms with Crippen LogP contribution in [0.2, 0.25) is 0 Å². The maximum absolute atomic E-state index is 10.6. The van der Waals surface area contributed by atoms with Crippen LogP contribution in [0.3, 0.4) is 0 Å². The molecule has 5 heteroatoms. The number of hydroxylamine groups is 2. The lowest BCUT2D eigenvalue weighted by molar-refractivity contribution is -0.156. The van der Waals surface area contributed by atoms with Crippen LogP contribution in [0.4, 0.5) is 4.79 Å². The Kier molecular flexibility index (Phi) is 2.62. The Morgan fingerprint density at radius 3 is 2.81 bits per heavy atom. The second-order valence-electron chi connectivity index (χ2n) is 5.89. The van der Waals surface area contributed by atoms with Crippen molar-refractivity contribution in [3.63, 3.8) is 0 Å². The van der Waals surface area contributed by atoms with Crippen molar-refractivity contribution >= 4 is 6.16 Å². The van der Waals surface area contributed by atoms with Crippen molar-refractivity contribution in [1.82, 2.24) is 10.4 Å². The van der Waals surface area contributed by atoms with Gasteiger partial charge in [0.05, 0.1) is 13.1 Å². The van der Waals surface area contributed by atoms with Crippen LogP contribution in [0.15, 0.2) is 0 Å². The quantitative estimate of drug-likeness (QED) is 0.711. The number of piperazine rings is 1. The molecule has 16 heavy (non-hydrogen) atoms. The topological polar surface area (TPSA) is 61.8 Å². The van der Waals surface area contributed by atoms with E-state index >= 15 is 0 Å². The Hall–Kier alpha value is -0.810. The van der Waals surface area contributed by atoms with Crippen LogP contribution in [0.5, 0.6) is 0 Å². The predicted molar refractivity (Wildman–Crippen MR) is 59.0 cm³/mol. The van der Waals surface area contributed by atoms with Crippen LogP contribution in [0.1, 0.15) is 33.6 Å². The van der Waals surface area contributed by atoms with Crippen molar-refractivity contribution < 1.29 is 14.7 Å². The maximum atomic E-state index is 10.6. The summed E-state index contributed by atoms with van der Waals surface area (Å²) in [4.78, 5) is 15.4. The van der Waals surface area contributed by atoms with E-state index in [1.54, 1.807) is 5.06 Å². The Labute approximate surface area is 95.7 Å². The Morgan fingerprint density at radius 1 is 1.56 bits per heavy atom. The van der Waals surface area contributed by atoms with Crippen LogP contribution in [-0.2, 0) is 4.84 Å². The van der Waals surface area contributed by atoms with E-state index in [2.05, 4.69) is 26.1 Å². The van der Waals surface area contributed by atoms with E-state index in [0.29, 0.717) is 19.1 Å². The van der Waals surface area contributed by atoms with Crippen molar-refractivity contribution in [2.45, 2.75) is 45.2 Å². The lowest BCUT2D eigenvalue weighted by atomic mass is 9.72. The molecule has 2 aliphatic rings. The number of rotatable bonds is 1. The van der Waals surface area contributed by atoms with Crippen LogP contribution in [-0.4, -0.2) is 41.0 Å². The molecule has 2 atom stereocenters. The predicted octanol–water partition coefficient (Wildman–Crippen LogP) is 1.45. The van der Waals surface area contributed by atoms with Gasteiger partial charge in [-0.15, -0.1) is 5.06 Å². The highest BCUT2D eigenvalue weighted by Crippen LogP contribution is 2.42. The monoisotopic (exact) mass is 228 g/mol. The van der Waals surface area contributed by atoms with Crippen LogP contribution in [0, 0.1) is 5.41 Å². The number of carbonyl (C=O) groups is 1. The highest BCUT2D eigenvalue weighted by molar-refractivity contribution is 5.56. The highest BCUT2D eigenvalue weighted by Gasteiger charge is 2.52. The van der Waals surface area contributed by atoms with Gasteiger partial charge in [0.1, 0.15) is 0 Å². The molecule has 0 aromatic carbocycles. The van der Waals surface area contributed by atoms with Gasteiger partial charge in [-0.3, -0.25) is 0 Å². The summed E-state index contributed by atoms with van der Waals surface area (Å²) in [5.41, 5.74) is 0.0770. The van der Waals surface area contributed by atoms with Gasteiger partial charge in [0.2, 0.25) is 0 Å². The van der Waals surface area contributed by atoms with Gasteiger partial charge in [-0.1, -0.05) is 20.8 Å². The summed E-state index contributed by atoms with van der Waals surface area (Å²) in [7, 11) is 0. The Bertz CT molecular complexity index is 300. The minimum absolute atomic E-state index is 0.0225. The highest BCUT2D eigenvalue weighted by atomic mass is 16.8. The van der Waals surface area contributed by atoms with Crippen molar-refractivity contribution in [3.05, 3.63) is 0 Å². The fourth-order valence-corrected chi connectivity index (χ4v) is 2.84. The summed E-state index contributed by atoms with van der Waals surface area (Å²) in [6.07, 6.45) is 0.961. The number of hydrogen-bond acceptors (Lipinski definition) is 4. The molecule has 2 rings (SSSR count). The molecule has 2 unspecified atom stereocenters. The van der Waals surface area contributed by atoms with Gasteiger partial charge in [-0.2, -0.15) is 0 Å². The minimum atomic E-state index is -1.22. The molecule has 2 bridgehead atoms. The summed E-state index contributed by atoms with van der Waals surface area (Å²) in [5.74, 6) is 0. The van der Waals surface area contributed by atoms with Gasteiger partial charge in [0.25, 0.3) is 0 Å². The molecule has 2 fully saturated rings. The fraction of sp³-hybridized carbons (Fsp3) is 0.909. The molecular weight excluding hydrogens is 208 g/mol. The number of nitrogens with zero attached hydrogens (tertiary/aromatic N) is 1. The molecule has 0 saturated carbocycles. The van der Waals surface area contributed by atoms with Crippen LogP contribution in [0.25, 0.3) is 0 Å². The van der Waals surface area contributed by atoms with E-state index in [1.165, 1.54) is 0 Å². The molecule has 5 nitrogen and oxygen atoms in total. The van der Waals surface area contributed by atoms with Gasteiger partial charge in [-0.25, -0.2) is 4.79 Å². The normalized spacial score (nSPS) is 35.1. The van der Waals surface area contributed by atoms with Gasteiger partial charge in [0.15, 0.2) is 0 Å². The van der Waals surface area contributed by atoms with E-state index in [0.717, 1.165) is 12.8 Å². The molecule has 0 aromatic rings. The maximum Gasteiger partial charge on any atom is 0.525 e. The minimum Gasteiger partial charge on any atom is -0.448 e. The number of nitrogens with one attached hydrogen (secondary N) is 1. The standard InChI is InChI=1S/C11H20N2O3/c1-10(2,3)11-5-4-8(12-11)6-13(7-11)16-9(14)15/h8,12H,4-7H2,1-3H3,(H,14,15). The third-order valence-corrected chi connectivity index (χ3v) is 3.91. The Morgan fingerprint density at radius 2 is 2.25 bits per heavy atom. The number of fused-ring (bicyclic) bond motifs is 2. The summed E-state index contributed by atoms with van der Waals surface area (Å²) in [6.45, 7) is 7.86.